The van der Waals surface area contributed by atoms with Crippen molar-refractivity contribution in [2.45, 2.75) is 6.42 Å². The molecule has 2 N–H and O–H groups in total. The first-order chi connectivity index (χ1) is 8.21. The largest absolute Gasteiger partial charge is 0.497 e. The summed E-state index contributed by atoms with van der Waals surface area (Å²) in [5.41, 5.74) is 0.618. The number of nitrogens with one attached hydrogen (secondary N) is 2. The third kappa shape index (κ3) is 4.81. The zero-order valence-corrected chi connectivity index (χ0v) is 11.6. The summed E-state index contributed by atoms with van der Waals surface area (Å²) in [4.78, 5) is 11.6. The summed E-state index contributed by atoms with van der Waals surface area (Å²) in [6.07, 6.45) is 0.414. The lowest BCUT2D eigenvalue weighted by Gasteiger charge is -2.11. The highest BCUT2D eigenvalue weighted by molar-refractivity contribution is 5.92. The number of hydrogen-bond acceptors (Lipinski definition) is 4. The Morgan fingerprint density at radius 3 is 2.56 bits per heavy atom. The first-order valence-electron chi connectivity index (χ1n) is 5.37. The Morgan fingerprint density at radius 1 is 1.28 bits per heavy atom. The summed E-state index contributed by atoms with van der Waals surface area (Å²) in [5, 5.41) is 5.71. The molecule has 0 saturated heterocycles. The Hall–Kier alpha value is -1.46. The lowest BCUT2D eigenvalue weighted by Crippen LogP contribution is -2.19. The van der Waals surface area contributed by atoms with Crippen LogP contribution in [0.1, 0.15) is 6.42 Å². The summed E-state index contributed by atoms with van der Waals surface area (Å²) in [6, 6.07) is 5.27. The van der Waals surface area contributed by atoms with Crippen molar-refractivity contribution in [3.8, 4) is 11.5 Å². The number of rotatable bonds is 6. The Balaban J connectivity index is 0.00000289. The second-order valence-corrected chi connectivity index (χ2v) is 3.47. The molecule has 0 unspecified atom stereocenters. The molecular weight excluding hydrogens is 256 g/mol. The van der Waals surface area contributed by atoms with Gasteiger partial charge in [-0.15, -0.1) is 12.4 Å². The molecule has 0 aliphatic heterocycles. The Bertz CT molecular complexity index is 386. The Morgan fingerprint density at radius 2 is 2.00 bits per heavy atom. The summed E-state index contributed by atoms with van der Waals surface area (Å²) in [7, 11) is 4.94. The van der Waals surface area contributed by atoms with Crippen molar-refractivity contribution in [1.29, 1.82) is 0 Å². The average Bonchev–Trinajstić information content (AvgIpc) is 2.36. The molecule has 102 valence electrons. The number of amides is 1. The van der Waals surface area contributed by atoms with Crippen LogP contribution in [0, 0.1) is 0 Å². The fraction of sp³-hybridized carbons (Fsp3) is 0.417. The maximum atomic E-state index is 11.6. The summed E-state index contributed by atoms with van der Waals surface area (Å²) in [5.74, 6) is 1.23. The van der Waals surface area contributed by atoms with E-state index in [1.165, 1.54) is 0 Å². The van der Waals surface area contributed by atoms with Crippen molar-refractivity contribution in [2.24, 2.45) is 0 Å². The van der Waals surface area contributed by atoms with Gasteiger partial charge in [0.15, 0.2) is 0 Å². The predicted molar refractivity (Wildman–Crippen MR) is 74.0 cm³/mol. The van der Waals surface area contributed by atoms with Crippen LogP contribution in [-0.2, 0) is 4.79 Å². The second kappa shape index (κ2) is 8.60. The van der Waals surface area contributed by atoms with Crippen molar-refractivity contribution < 1.29 is 14.3 Å². The highest BCUT2D eigenvalue weighted by Crippen LogP contribution is 2.28. The number of hydrogen-bond donors (Lipinski definition) is 2. The summed E-state index contributed by atoms with van der Waals surface area (Å²) >= 11 is 0. The molecule has 0 atom stereocenters. The molecule has 1 aromatic carbocycles. The van der Waals surface area contributed by atoms with Gasteiger partial charge in [-0.1, -0.05) is 0 Å². The third-order valence-corrected chi connectivity index (χ3v) is 2.28. The van der Waals surface area contributed by atoms with Gasteiger partial charge in [0.2, 0.25) is 5.91 Å². The fourth-order valence-electron chi connectivity index (χ4n) is 1.36. The van der Waals surface area contributed by atoms with Gasteiger partial charge in [-0.25, -0.2) is 0 Å². The number of carbonyl (C=O) groups is 1. The van der Waals surface area contributed by atoms with E-state index in [0.29, 0.717) is 30.2 Å². The Kier molecular flexibility index (Phi) is 7.91. The number of benzene rings is 1. The van der Waals surface area contributed by atoms with Crippen molar-refractivity contribution in [2.75, 3.05) is 33.1 Å². The smallest absolute Gasteiger partial charge is 0.225 e. The zero-order valence-electron chi connectivity index (χ0n) is 10.8. The topological polar surface area (TPSA) is 59.6 Å². The molecule has 0 radical (unpaired) electrons. The maximum absolute atomic E-state index is 11.6. The highest BCUT2D eigenvalue weighted by atomic mass is 35.5. The molecule has 1 rings (SSSR count). The highest BCUT2D eigenvalue weighted by Gasteiger charge is 2.08. The molecule has 0 aliphatic rings. The molecule has 1 aromatic rings. The molecule has 0 aliphatic carbocycles. The molecule has 0 fully saturated rings. The lowest BCUT2D eigenvalue weighted by molar-refractivity contribution is -0.116. The Labute approximate surface area is 113 Å². The quantitative estimate of drug-likeness (QED) is 0.829. The zero-order chi connectivity index (χ0) is 12.7. The van der Waals surface area contributed by atoms with E-state index in [9.17, 15) is 4.79 Å². The van der Waals surface area contributed by atoms with E-state index in [-0.39, 0.29) is 18.3 Å². The summed E-state index contributed by atoms with van der Waals surface area (Å²) < 4.78 is 10.3. The molecule has 5 nitrogen and oxygen atoms in total. The van der Waals surface area contributed by atoms with E-state index < -0.39 is 0 Å². The van der Waals surface area contributed by atoms with Crippen LogP contribution in [0.25, 0.3) is 0 Å². The standard InChI is InChI=1S/C12H18N2O3.ClH/c1-13-7-6-12(15)14-10-8-9(16-2)4-5-11(10)17-3;/h4-5,8,13H,6-7H2,1-3H3,(H,14,15);1H. The number of halogens is 1. The molecule has 0 saturated carbocycles. The SMILES string of the molecule is CNCCC(=O)Nc1cc(OC)ccc1OC.Cl. The summed E-state index contributed by atoms with van der Waals surface area (Å²) in [6.45, 7) is 0.637. The molecule has 0 bridgehead atoms. The van der Waals surface area contributed by atoms with E-state index >= 15 is 0 Å². The maximum Gasteiger partial charge on any atom is 0.225 e. The van der Waals surface area contributed by atoms with Crippen LogP contribution in [0.4, 0.5) is 5.69 Å². The molecule has 0 heterocycles. The number of carbonyl (C=O) groups excluding carboxylic acids is 1. The van der Waals surface area contributed by atoms with Gasteiger partial charge in [-0.3, -0.25) is 4.79 Å². The van der Waals surface area contributed by atoms with E-state index in [4.69, 9.17) is 9.47 Å². The number of ether oxygens (including phenoxy) is 2. The van der Waals surface area contributed by atoms with Gasteiger partial charge in [-0.2, -0.15) is 0 Å². The predicted octanol–water partition coefficient (Wildman–Crippen LogP) is 1.67. The van der Waals surface area contributed by atoms with Gasteiger partial charge in [0.05, 0.1) is 19.9 Å². The van der Waals surface area contributed by atoms with Crippen LogP contribution in [-0.4, -0.2) is 33.7 Å². The van der Waals surface area contributed by atoms with Crippen LogP contribution >= 0.6 is 12.4 Å². The lowest BCUT2D eigenvalue weighted by atomic mass is 10.2. The third-order valence-electron chi connectivity index (χ3n) is 2.28. The average molecular weight is 275 g/mol. The van der Waals surface area contributed by atoms with Crippen molar-refractivity contribution in [3.63, 3.8) is 0 Å². The second-order valence-electron chi connectivity index (χ2n) is 3.47. The normalized spacial score (nSPS) is 9.28. The molecule has 18 heavy (non-hydrogen) atoms. The number of methoxy groups -OCH3 is 2. The minimum atomic E-state index is -0.0640. The van der Waals surface area contributed by atoms with Gasteiger partial charge in [0.1, 0.15) is 11.5 Å². The first-order valence-corrected chi connectivity index (χ1v) is 5.37. The van der Waals surface area contributed by atoms with E-state index in [0.717, 1.165) is 0 Å². The molecule has 0 aromatic heterocycles. The van der Waals surface area contributed by atoms with Gasteiger partial charge < -0.3 is 20.1 Å². The van der Waals surface area contributed by atoms with Gasteiger partial charge in [0, 0.05) is 19.0 Å². The van der Waals surface area contributed by atoms with Crippen molar-refractivity contribution in [1.82, 2.24) is 5.32 Å². The molecule has 1 amide bonds. The molecule has 0 spiro atoms. The van der Waals surface area contributed by atoms with Crippen molar-refractivity contribution in [3.05, 3.63) is 18.2 Å². The van der Waals surface area contributed by atoms with Crippen LogP contribution < -0.4 is 20.1 Å². The van der Waals surface area contributed by atoms with Crippen LogP contribution in [0.5, 0.6) is 11.5 Å². The minimum absolute atomic E-state index is 0. The van der Waals surface area contributed by atoms with Gasteiger partial charge in [0.25, 0.3) is 0 Å². The monoisotopic (exact) mass is 274 g/mol. The van der Waals surface area contributed by atoms with Crippen LogP contribution in [0.15, 0.2) is 18.2 Å². The van der Waals surface area contributed by atoms with Crippen molar-refractivity contribution >= 4 is 24.0 Å². The van der Waals surface area contributed by atoms with E-state index in [2.05, 4.69) is 10.6 Å². The minimum Gasteiger partial charge on any atom is -0.497 e. The first kappa shape index (κ1) is 16.5. The number of anilines is 1. The molecule has 6 heteroatoms. The molecular formula is C12H19ClN2O3. The van der Waals surface area contributed by atoms with Gasteiger partial charge in [-0.05, 0) is 19.2 Å². The van der Waals surface area contributed by atoms with Gasteiger partial charge >= 0.3 is 0 Å². The van der Waals surface area contributed by atoms with E-state index in [1.807, 2.05) is 0 Å². The van der Waals surface area contributed by atoms with Crippen LogP contribution in [0.2, 0.25) is 0 Å². The van der Waals surface area contributed by atoms with Crippen LogP contribution in [0.3, 0.4) is 0 Å². The fourth-order valence-corrected chi connectivity index (χ4v) is 1.36. The van der Waals surface area contributed by atoms with E-state index in [1.54, 1.807) is 39.5 Å².